The third kappa shape index (κ3) is 3.37. The highest BCUT2D eigenvalue weighted by Gasteiger charge is 2.23. The standard InChI is InChI=1S/C15H11NO4S2/c17-14(11-5-2-1-3-6-11)12-7-4-8-13(9-12)20-15-16-22(18,19)10-21-15/h1-9H,10H2. The molecule has 5 nitrogen and oxygen atoms in total. The molecule has 0 N–H and O–H groups in total. The van der Waals surface area contributed by atoms with Gasteiger partial charge in [-0.1, -0.05) is 42.5 Å². The van der Waals surface area contributed by atoms with Crippen molar-refractivity contribution in [3.8, 4) is 5.75 Å². The monoisotopic (exact) mass is 333 g/mol. The fourth-order valence-electron chi connectivity index (χ4n) is 1.90. The predicted octanol–water partition coefficient (Wildman–Crippen LogP) is 2.69. The molecule has 0 bridgehead atoms. The van der Waals surface area contributed by atoms with Gasteiger partial charge in [-0.05, 0) is 23.9 Å². The molecule has 0 atom stereocenters. The summed E-state index contributed by atoms with van der Waals surface area (Å²) in [6.45, 7) is 0. The molecule has 1 heterocycles. The molecule has 7 heteroatoms. The van der Waals surface area contributed by atoms with Crippen LogP contribution in [-0.2, 0) is 10.0 Å². The minimum absolute atomic E-state index is 0.0734. The van der Waals surface area contributed by atoms with Crippen molar-refractivity contribution in [1.29, 1.82) is 0 Å². The number of thioether (sulfide) groups is 1. The lowest BCUT2D eigenvalue weighted by Crippen LogP contribution is -2.04. The molecule has 0 saturated heterocycles. The van der Waals surface area contributed by atoms with Gasteiger partial charge in [0.05, 0.1) is 0 Å². The zero-order valence-electron chi connectivity index (χ0n) is 11.3. The van der Waals surface area contributed by atoms with Crippen LogP contribution in [0.1, 0.15) is 15.9 Å². The molecule has 0 saturated carbocycles. The fraction of sp³-hybridized carbons (Fsp3) is 0.0667. The second-order valence-electron chi connectivity index (χ2n) is 4.53. The number of rotatable bonds is 3. The number of hydrogen-bond acceptors (Lipinski definition) is 5. The Balaban J connectivity index is 1.83. The third-order valence-corrected chi connectivity index (χ3v) is 5.53. The first kappa shape index (κ1) is 14.8. The van der Waals surface area contributed by atoms with Crippen LogP contribution in [0.15, 0.2) is 59.0 Å². The smallest absolute Gasteiger partial charge is 0.268 e. The molecule has 22 heavy (non-hydrogen) atoms. The van der Waals surface area contributed by atoms with E-state index in [0.717, 1.165) is 11.8 Å². The maximum atomic E-state index is 12.4. The highest BCUT2D eigenvalue weighted by atomic mass is 32.3. The number of carbonyl (C=O) groups is 1. The molecule has 0 fully saturated rings. The topological polar surface area (TPSA) is 72.8 Å². The van der Waals surface area contributed by atoms with Gasteiger partial charge >= 0.3 is 0 Å². The van der Waals surface area contributed by atoms with Crippen LogP contribution in [0.25, 0.3) is 0 Å². The van der Waals surface area contributed by atoms with E-state index in [9.17, 15) is 13.2 Å². The largest absolute Gasteiger partial charge is 0.433 e. The van der Waals surface area contributed by atoms with E-state index in [1.165, 1.54) is 0 Å². The summed E-state index contributed by atoms with van der Waals surface area (Å²) in [6, 6.07) is 15.5. The van der Waals surface area contributed by atoms with Gasteiger partial charge in [-0.15, -0.1) is 4.40 Å². The highest BCUT2D eigenvalue weighted by molar-refractivity contribution is 8.24. The Bertz CT molecular complexity index is 845. The molecule has 3 rings (SSSR count). The van der Waals surface area contributed by atoms with Gasteiger partial charge in [-0.3, -0.25) is 4.79 Å². The van der Waals surface area contributed by atoms with Crippen molar-refractivity contribution < 1.29 is 17.9 Å². The first-order valence-corrected chi connectivity index (χ1v) is 8.96. The number of carbonyl (C=O) groups excluding carboxylic acids is 1. The Morgan fingerprint density at radius 2 is 1.77 bits per heavy atom. The Morgan fingerprint density at radius 1 is 1.05 bits per heavy atom. The van der Waals surface area contributed by atoms with Crippen molar-refractivity contribution in [2.24, 2.45) is 4.40 Å². The average molecular weight is 333 g/mol. The van der Waals surface area contributed by atoms with Crippen LogP contribution in [0, 0.1) is 0 Å². The lowest BCUT2D eigenvalue weighted by atomic mass is 10.0. The Morgan fingerprint density at radius 3 is 2.45 bits per heavy atom. The second kappa shape index (κ2) is 5.94. The van der Waals surface area contributed by atoms with Crippen molar-refractivity contribution in [3.05, 3.63) is 65.7 Å². The van der Waals surface area contributed by atoms with Gasteiger partial charge in [0.25, 0.3) is 15.3 Å². The van der Waals surface area contributed by atoms with Crippen LogP contribution >= 0.6 is 11.8 Å². The SMILES string of the molecule is O=C(c1ccccc1)c1cccc(OC2=NS(=O)(=O)CS2)c1. The van der Waals surface area contributed by atoms with E-state index < -0.39 is 10.0 Å². The Labute approximate surface area is 132 Å². The van der Waals surface area contributed by atoms with E-state index in [2.05, 4.69) is 4.40 Å². The zero-order valence-corrected chi connectivity index (χ0v) is 12.9. The van der Waals surface area contributed by atoms with Crippen LogP contribution in [0.5, 0.6) is 5.75 Å². The van der Waals surface area contributed by atoms with Gasteiger partial charge in [-0.25, -0.2) is 8.42 Å². The van der Waals surface area contributed by atoms with Crippen molar-refractivity contribution in [3.63, 3.8) is 0 Å². The lowest BCUT2D eigenvalue weighted by Gasteiger charge is -2.06. The summed E-state index contributed by atoms with van der Waals surface area (Å²) in [7, 11) is -3.43. The quantitative estimate of drug-likeness (QED) is 0.808. The summed E-state index contributed by atoms with van der Waals surface area (Å²) >= 11 is 1.01. The molecule has 1 aliphatic heterocycles. The normalized spacial score (nSPS) is 16.1. The number of sulfonamides is 1. The van der Waals surface area contributed by atoms with Gasteiger partial charge in [0.2, 0.25) is 0 Å². The van der Waals surface area contributed by atoms with E-state index in [0.29, 0.717) is 16.9 Å². The molecule has 1 aliphatic rings. The summed E-state index contributed by atoms with van der Waals surface area (Å²) in [5, 5.41) is -0.0466. The lowest BCUT2D eigenvalue weighted by molar-refractivity contribution is 0.103. The van der Waals surface area contributed by atoms with E-state index in [4.69, 9.17) is 4.74 Å². The number of nitrogens with zero attached hydrogens (tertiary/aromatic N) is 1. The number of benzene rings is 2. The molecule has 0 spiro atoms. The van der Waals surface area contributed by atoms with Gasteiger partial charge in [0.15, 0.2) is 5.78 Å². The van der Waals surface area contributed by atoms with Crippen LogP contribution in [0.4, 0.5) is 0 Å². The average Bonchev–Trinajstić information content (AvgIpc) is 2.86. The van der Waals surface area contributed by atoms with Crippen molar-refractivity contribution in [2.45, 2.75) is 0 Å². The van der Waals surface area contributed by atoms with Crippen molar-refractivity contribution in [2.75, 3.05) is 5.08 Å². The summed E-state index contributed by atoms with van der Waals surface area (Å²) in [5.74, 6) is 0.254. The summed E-state index contributed by atoms with van der Waals surface area (Å²) in [5.41, 5.74) is 1.05. The van der Waals surface area contributed by atoms with Crippen LogP contribution in [-0.4, -0.2) is 24.5 Å². The molecule has 0 unspecified atom stereocenters. The zero-order chi connectivity index (χ0) is 15.6. The van der Waals surface area contributed by atoms with Crippen LogP contribution in [0.3, 0.4) is 0 Å². The number of hydrogen-bond donors (Lipinski definition) is 0. The van der Waals surface area contributed by atoms with Crippen molar-refractivity contribution in [1.82, 2.24) is 0 Å². The van der Waals surface area contributed by atoms with Gasteiger partial charge in [-0.2, -0.15) is 0 Å². The minimum Gasteiger partial charge on any atom is -0.433 e. The van der Waals surface area contributed by atoms with Gasteiger partial charge < -0.3 is 4.74 Å². The van der Waals surface area contributed by atoms with E-state index in [1.807, 2.05) is 6.07 Å². The highest BCUT2D eigenvalue weighted by Crippen LogP contribution is 2.24. The first-order valence-electron chi connectivity index (χ1n) is 6.37. The molecule has 0 aliphatic carbocycles. The molecule has 2 aromatic carbocycles. The molecule has 2 aromatic rings. The molecular weight excluding hydrogens is 322 g/mol. The Kier molecular flexibility index (Phi) is 4.00. The number of ether oxygens (including phenoxy) is 1. The first-order chi connectivity index (χ1) is 10.5. The molecule has 0 amide bonds. The minimum atomic E-state index is -3.43. The molecule has 112 valence electrons. The van der Waals surface area contributed by atoms with Gasteiger partial charge in [0.1, 0.15) is 10.8 Å². The van der Waals surface area contributed by atoms with Crippen molar-refractivity contribution >= 4 is 32.8 Å². The van der Waals surface area contributed by atoms with E-state index >= 15 is 0 Å². The van der Waals surface area contributed by atoms with E-state index in [-0.39, 0.29) is 16.1 Å². The summed E-state index contributed by atoms with van der Waals surface area (Å²) in [4.78, 5) is 12.4. The molecule has 0 aromatic heterocycles. The second-order valence-corrected chi connectivity index (χ2v) is 7.45. The maximum Gasteiger partial charge on any atom is 0.268 e. The summed E-state index contributed by atoms with van der Waals surface area (Å²) in [6.07, 6.45) is 0. The van der Waals surface area contributed by atoms with Gasteiger partial charge in [0, 0.05) is 11.1 Å². The molecule has 0 radical (unpaired) electrons. The third-order valence-electron chi connectivity index (χ3n) is 2.88. The maximum absolute atomic E-state index is 12.4. The Hall–Kier alpha value is -2.12. The van der Waals surface area contributed by atoms with E-state index in [1.54, 1.807) is 48.5 Å². The number of ketones is 1. The molecular formula is C15H11NO4S2. The predicted molar refractivity (Wildman–Crippen MR) is 85.8 cm³/mol. The van der Waals surface area contributed by atoms with Crippen LogP contribution < -0.4 is 4.74 Å². The fourth-order valence-corrected chi connectivity index (χ4v) is 4.08. The van der Waals surface area contributed by atoms with Crippen LogP contribution in [0.2, 0.25) is 0 Å². The summed E-state index contributed by atoms with van der Waals surface area (Å²) < 4.78 is 31.4.